The van der Waals surface area contributed by atoms with Crippen LogP contribution in [0.15, 0.2) is 0 Å². The Labute approximate surface area is 26.2 Å². The molecule has 0 aliphatic carbocycles. The van der Waals surface area contributed by atoms with Gasteiger partial charge in [0.15, 0.2) is 0 Å². The molecule has 1 nitrogen and oxygen atoms in total. The molecule has 0 aromatic carbocycles. The summed E-state index contributed by atoms with van der Waals surface area (Å²) in [6.45, 7) is 0. The van der Waals surface area contributed by atoms with Gasteiger partial charge in [0.1, 0.15) is 0 Å². The van der Waals surface area contributed by atoms with Gasteiger partial charge in [-0.25, -0.2) is 0 Å². The molecular weight excluding hydrogens is 71.0 g/mol. The van der Waals surface area contributed by atoms with E-state index in [1.165, 1.54) is 0 Å². The van der Waals surface area contributed by atoms with Crippen LogP contribution in [0.4, 0.5) is 0 Å². The predicted octanol–water partition coefficient (Wildman–Crippen LogP) is 0.869. The molecule has 0 aromatic heterocycles. The molecule has 4 heavy (non-hydrogen) atoms. The van der Waals surface area contributed by atoms with Gasteiger partial charge in [0, 0.05) is 0 Å². The van der Waals surface area contributed by atoms with Crippen LogP contribution in [0, 0.1) is 12.1 Å². The summed E-state index contributed by atoms with van der Waals surface area (Å²) in [5.41, 5.74) is 1.85. The smallest absolute Gasteiger partial charge is 0.245 e. The van der Waals surface area contributed by atoms with Crippen molar-refractivity contribution >= 4 is 8.46 Å². The van der Waals surface area contributed by atoms with Gasteiger partial charge < -0.3 is 0 Å². The molecule has 20 valence electrons. The third-order valence-corrected chi connectivity index (χ3v) is 0.158. The SMILES string of the molecule is C#CP=O. The normalized spacial score (nSPS) is 5.75. The fraction of sp³-hybridized carbons (Fsp3) is 0. The molecule has 0 spiro atoms. The third kappa shape index (κ3) is 1.66. The van der Waals surface area contributed by atoms with Crippen LogP contribution in [-0.4, -0.2) is 0 Å². The van der Waals surface area contributed by atoms with Gasteiger partial charge in [-0.05, 0) is 5.66 Å². The lowest BCUT2D eigenvalue weighted by Gasteiger charge is -1.27. The Morgan fingerprint density at radius 3 is 2.25 bits per heavy atom. The van der Waals surface area contributed by atoms with Crippen molar-refractivity contribution in [2.45, 2.75) is 0 Å². The van der Waals surface area contributed by atoms with Crippen molar-refractivity contribution in [3.63, 3.8) is 0 Å². The molecule has 0 N–H and O–H groups in total. The van der Waals surface area contributed by atoms with Crippen LogP contribution in [0.3, 0.4) is 0 Å². The number of hydrogen-bond acceptors (Lipinski definition) is 1. The second-order valence-corrected chi connectivity index (χ2v) is 0.661. The van der Waals surface area contributed by atoms with Gasteiger partial charge >= 0.3 is 0 Å². The van der Waals surface area contributed by atoms with Crippen molar-refractivity contribution in [2.75, 3.05) is 0 Å². The number of terminal acetylenes is 1. The second-order valence-electron chi connectivity index (χ2n) is 0.220. The first-order valence-corrected chi connectivity index (χ1v) is 1.51. The summed E-state index contributed by atoms with van der Waals surface area (Å²) in [6, 6.07) is 0. The standard InChI is InChI=1S/C2HOP/c1-2-4-3/h1H. The maximum Gasteiger partial charge on any atom is 0.245 e. The Balaban J connectivity index is 2.92. The quantitative estimate of drug-likeness (QED) is 0.306. The van der Waals surface area contributed by atoms with Crippen molar-refractivity contribution in [2.24, 2.45) is 0 Å². The van der Waals surface area contributed by atoms with Crippen LogP contribution in [0.25, 0.3) is 0 Å². The predicted molar refractivity (Wildman–Crippen MR) is 16.4 cm³/mol. The molecule has 0 saturated heterocycles. The van der Waals surface area contributed by atoms with E-state index in [0.717, 1.165) is 0 Å². The Hall–Kier alpha value is -0.340. The Kier molecular flexibility index (Phi) is 2.43. The van der Waals surface area contributed by atoms with Crippen LogP contribution in [-0.2, 0) is 4.57 Å². The summed E-state index contributed by atoms with van der Waals surface area (Å²) in [4.78, 5) is 0. The van der Waals surface area contributed by atoms with Crippen LogP contribution < -0.4 is 0 Å². The van der Waals surface area contributed by atoms with E-state index >= 15 is 0 Å². The summed E-state index contributed by atoms with van der Waals surface area (Å²) >= 11 is 0. The van der Waals surface area contributed by atoms with Gasteiger partial charge in [-0.1, -0.05) is 0 Å². The monoisotopic (exact) mass is 72.0 g/mol. The minimum atomic E-state index is -0.224. The molecule has 0 radical (unpaired) electrons. The molecule has 0 amide bonds. The van der Waals surface area contributed by atoms with Crippen molar-refractivity contribution in [1.82, 2.24) is 0 Å². The maximum atomic E-state index is 9.03. The van der Waals surface area contributed by atoms with Crippen molar-refractivity contribution in [3.05, 3.63) is 0 Å². The lowest BCUT2D eigenvalue weighted by atomic mass is 11.4. The van der Waals surface area contributed by atoms with Gasteiger partial charge in [0.05, 0.1) is 0 Å². The van der Waals surface area contributed by atoms with Crippen LogP contribution >= 0.6 is 8.46 Å². The summed E-state index contributed by atoms with van der Waals surface area (Å²) in [7, 11) is -0.224. The van der Waals surface area contributed by atoms with Crippen LogP contribution in [0.1, 0.15) is 0 Å². The molecule has 0 fully saturated rings. The molecule has 0 atom stereocenters. The highest BCUT2D eigenvalue weighted by molar-refractivity contribution is 7.30. The second kappa shape index (κ2) is 2.66. The number of hydrogen-bond donors (Lipinski definition) is 0. The molecule has 0 bridgehead atoms. The van der Waals surface area contributed by atoms with Crippen molar-refractivity contribution in [1.29, 1.82) is 0 Å². The fourth-order valence-corrected chi connectivity index (χ4v) is 0. The van der Waals surface area contributed by atoms with Gasteiger partial charge in [-0.2, -0.15) is 0 Å². The van der Waals surface area contributed by atoms with E-state index in [9.17, 15) is 0 Å². The summed E-state index contributed by atoms with van der Waals surface area (Å²) in [6.07, 6.45) is 4.45. The van der Waals surface area contributed by atoms with E-state index in [1.54, 1.807) is 0 Å². The summed E-state index contributed by atoms with van der Waals surface area (Å²) < 4.78 is 9.03. The van der Waals surface area contributed by atoms with Gasteiger partial charge in [0.2, 0.25) is 8.46 Å². The van der Waals surface area contributed by atoms with Crippen molar-refractivity contribution in [3.8, 4) is 12.1 Å². The molecule has 0 unspecified atom stereocenters. The molecule has 0 aliphatic rings. The average molecular weight is 72.0 g/mol. The lowest BCUT2D eigenvalue weighted by molar-refractivity contribution is 0.603. The molecule has 0 rings (SSSR count). The van der Waals surface area contributed by atoms with E-state index in [1.807, 2.05) is 5.66 Å². The molecule has 0 heterocycles. The summed E-state index contributed by atoms with van der Waals surface area (Å²) in [5, 5.41) is 0. The Morgan fingerprint density at radius 1 is 2.00 bits per heavy atom. The van der Waals surface area contributed by atoms with E-state index in [0.29, 0.717) is 0 Å². The minimum absolute atomic E-state index is 0.224. The highest BCUT2D eigenvalue weighted by Crippen LogP contribution is 1.76. The van der Waals surface area contributed by atoms with Crippen molar-refractivity contribution < 1.29 is 4.57 Å². The number of rotatable bonds is 0. The zero-order valence-corrected chi connectivity index (χ0v) is 2.83. The first-order chi connectivity index (χ1) is 1.91. The zero-order chi connectivity index (χ0) is 3.41. The molecule has 0 aromatic rings. The van der Waals surface area contributed by atoms with E-state index in [2.05, 4.69) is 6.42 Å². The minimum Gasteiger partial charge on any atom is -0.260 e. The van der Waals surface area contributed by atoms with Crippen LogP contribution in [0.2, 0.25) is 0 Å². The summed E-state index contributed by atoms with van der Waals surface area (Å²) in [5.74, 6) is 0. The average Bonchev–Trinajstić information content (AvgIpc) is 1.37. The zero-order valence-electron chi connectivity index (χ0n) is 1.93. The topological polar surface area (TPSA) is 17.1 Å². The third-order valence-electron chi connectivity index (χ3n) is 0.0527. The molecule has 0 aliphatic heterocycles. The van der Waals surface area contributed by atoms with E-state index in [4.69, 9.17) is 4.57 Å². The van der Waals surface area contributed by atoms with E-state index in [-0.39, 0.29) is 8.46 Å². The van der Waals surface area contributed by atoms with Gasteiger partial charge in [-0.3, -0.25) is 4.57 Å². The highest BCUT2D eigenvalue weighted by atomic mass is 31.1. The first kappa shape index (κ1) is 3.66. The Morgan fingerprint density at radius 2 is 2.25 bits per heavy atom. The molecular formula is C2HOP. The highest BCUT2D eigenvalue weighted by Gasteiger charge is 1.40. The first-order valence-electron chi connectivity index (χ1n) is 0.695. The maximum absolute atomic E-state index is 9.03. The molecule has 2 heteroatoms. The Bertz CT molecular complexity index is 51.5. The largest absolute Gasteiger partial charge is 0.260 e. The fourth-order valence-electron chi connectivity index (χ4n) is 0. The van der Waals surface area contributed by atoms with E-state index < -0.39 is 0 Å². The van der Waals surface area contributed by atoms with Crippen LogP contribution in [0.5, 0.6) is 0 Å². The van der Waals surface area contributed by atoms with Gasteiger partial charge in [0.25, 0.3) is 0 Å². The van der Waals surface area contributed by atoms with Gasteiger partial charge in [-0.15, -0.1) is 6.42 Å². The molecule has 0 saturated carbocycles. The lowest BCUT2D eigenvalue weighted by Crippen LogP contribution is -1.05.